The second-order valence-electron chi connectivity index (χ2n) is 6.07. The first-order chi connectivity index (χ1) is 12.7. The second-order valence-corrected chi connectivity index (χ2v) is 6.07. The molecule has 26 heavy (non-hydrogen) atoms. The molecule has 1 aromatic heterocycles. The number of fused-ring (bicyclic) bond motifs is 1. The summed E-state index contributed by atoms with van der Waals surface area (Å²) in [5.74, 6) is 0. The topological polar surface area (TPSA) is 64.1 Å². The Hall–Kier alpha value is -2.92. The van der Waals surface area contributed by atoms with Crippen LogP contribution in [0.1, 0.15) is 23.7 Å². The molecule has 5 nitrogen and oxygen atoms in total. The van der Waals surface area contributed by atoms with Gasteiger partial charge in [0.2, 0.25) is 0 Å². The summed E-state index contributed by atoms with van der Waals surface area (Å²) in [6.45, 7) is 5.94. The van der Waals surface area contributed by atoms with Crippen LogP contribution in [0.25, 0.3) is 10.8 Å². The van der Waals surface area contributed by atoms with Gasteiger partial charge in [0.05, 0.1) is 6.61 Å². The minimum absolute atomic E-state index is 0.0781. The molecule has 0 saturated carbocycles. The van der Waals surface area contributed by atoms with E-state index < -0.39 is 5.69 Å². The van der Waals surface area contributed by atoms with Gasteiger partial charge in [0.1, 0.15) is 6.73 Å². The van der Waals surface area contributed by atoms with Gasteiger partial charge >= 0.3 is 5.69 Å². The van der Waals surface area contributed by atoms with Gasteiger partial charge in [-0.2, -0.15) is 0 Å². The van der Waals surface area contributed by atoms with E-state index in [4.69, 9.17) is 4.74 Å². The second kappa shape index (κ2) is 7.97. The Morgan fingerprint density at radius 2 is 1.92 bits per heavy atom. The minimum Gasteiger partial charge on any atom is -0.357 e. The maximum atomic E-state index is 12.4. The summed E-state index contributed by atoms with van der Waals surface area (Å²) in [6, 6.07) is 14.2. The lowest BCUT2D eigenvalue weighted by molar-refractivity contribution is 0.0943. The van der Waals surface area contributed by atoms with Crippen molar-refractivity contribution in [1.82, 2.24) is 9.55 Å². The summed E-state index contributed by atoms with van der Waals surface area (Å²) in [4.78, 5) is 27.1. The molecule has 0 aliphatic carbocycles. The summed E-state index contributed by atoms with van der Waals surface area (Å²) in [5.41, 5.74) is 1.60. The number of aromatic nitrogens is 2. The Labute approximate surface area is 151 Å². The van der Waals surface area contributed by atoms with Crippen molar-refractivity contribution in [2.24, 2.45) is 0 Å². The van der Waals surface area contributed by atoms with Crippen LogP contribution in [0.2, 0.25) is 0 Å². The fourth-order valence-electron chi connectivity index (χ4n) is 3.21. The predicted octanol–water partition coefficient (Wildman–Crippen LogP) is 3.00. The van der Waals surface area contributed by atoms with Gasteiger partial charge in [-0.1, -0.05) is 55.5 Å². The Morgan fingerprint density at radius 3 is 2.69 bits per heavy atom. The highest BCUT2D eigenvalue weighted by atomic mass is 16.5. The normalized spacial score (nSPS) is 11.0. The van der Waals surface area contributed by atoms with Crippen molar-refractivity contribution in [3.63, 3.8) is 0 Å². The lowest BCUT2D eigenvalue weighted by Gasteiger charge is -2.16. The summed E-state index contributed by atoms with van der Waals surface area (Å²) < 4.78 is 6.98. The van der Waals surface area contributed by atoms with Crippen molar-refractivity contribution in [2.75, 3.05) is 6.61 Å². The molecule has 0 saturated heterocycles. The largest absolute Gasteiger partial charge is 0.357 e. The van der Waals surface area contributed by atoms with Crippen LogP contribution >= 0.6 is 0 Å². The van der Waals surface area contributed by atoms with E-state index in [1.807, 2.05) is 31.2 Å². The average molecular weight is 350 g/mol. The van der Waals surface area contributed by atoms with Crippen molar-refractivity contribution < 1.29 is 4.74 Å². The van der Waals surface area contributed by atoms with E-state index in [1.54, 1.807) is 6.08 Å². The van der Waals surface area contributed by atoms with Gasteiger partial charge in [-0.25, -0.2) is 4.79 Å². The molecule has 3 aromatic rings. The maximum Gasteiger partial charge on any atom is 0.330 e. The zero-order valence-electron chi connectivity index (χ0n) is 14.8. The molecule has 0 atom stereocenters. The van der Waals surface area contributed by atoms with Crippen LogP contribution in [-0.4, -0.2) is 16.2 Å². The summed E-state index contributed by atoms with van der Waals surface area (Å²) in [5, 5.41) is 2.24. The molecule has 0 aliphatic heterocycles. The number of hydrogen-bond acceptors (Lipinski definition) is 3. The maximum absolute atomic E-state index is 12.4. The van der Waals surface area contributed by atoms with Crippen molar-refractivity contribution >= 4 is 10.8 Å². The van der Waals surface area contributed by atoms with E-state index in [0.29, 0.717) is 30.7 Å². The van der Waals surface area contributed by atoms with Crippen LogP contribution < -0.4 is 11.2 Å². The Balaban J connectivity index is 2.14. The molecular formula is C21H22N2O3. The van der Waals surface area contributed by atoms with Crippen molar-refractivity contribution in [2.45, 2.75) is 26.5 Å². The van der Waals surface area contributed by atoms with E-state index in [1.165, 1.54) is 4.57 Å². The SMILES string of the molecule is C=CCOCn1c(Cc2cccc3ccccc23)c(CC)c(=O)[nH]c1=O. The third kappa shape index (κ3) is 3.53. The molecule has 134 valence electrons. The number of nitrogens with zero attached hydrogens (tertiary/aromatic N) is 1. The molecule has 5 heteroatoms. The average Bonchev–Trinajstić information content (AvgIpc) is 2.64. The number of benzene rings is 2. The highest BCUT2D eigenvalue weighted by Crippen LogP contribution is 2.22. The van der Waals surface area contributed by atoms with E-state index in [2.05, 4.69) is 29.8 Å². The molecular weight excluding hydrogens is 328 g/mol. The Kier molecular flexibility index (Phi) is 5.49. The number of ether oxygens (including phenoxy) is 1. The zero-order valence-corrected chi connectivity index (χ0v) is 14.8. The Bertz CT molecular complexity index is 1040. The van der Waals surface area contributed by atoms with Crippen LogP contribution in [0.15, 0.2) is 64.7 Å². The third-order valence-corrected chi connectivity index (χ3v) is 4.46. The predicted molar refractivity (Wildman–Crippen MR) is 104 cm³/mol. The van der Waals surface area contributed by atoms with E-state index in [-0.39, 0.29) is 12.3 Å². The highest BCUT2D eigenvalue weighted by molar-refractivity contribution is 5.85. The fourth-order valence-corrected chi connectivity index (χ4v) is 3.21. The molecule has 0 amide bonds. The minimum atomic E-state index is -0.452. The van der Waals surface area contributed by atoms with Gasteiger partial charge in [0.15, 0.2) is 0 Å². The standard InChI is InChI=1S/C21H22N2O3/c1-3-12-26-14-23-19(17(4-2)20(24)22-21(23)25)13-16-10-7-9-15-8-5-6-11-18(15)16/h3,5-11H,1,4,12-14H2,2H3,(H,22,24,25). The van der Waals surface area contributed by atoms with Crippen LogP contribution in [0, 0.1) is 0 Å². The number of hydrogen-bond donors (Lipinski definition) is 1. The monoisotopic (exact) mass is 350 g/mol. The highest BCUT2D eigenvalue weighted by Gasteiger charge is 2.15. The smallest absolute Gasteiger partial charge is 0.330 e. The van der Waals surface area contributed by atoms with Crippen LogP contribution in [0.4, 0.5) is 0 Å². The first-order valence-electron chi connectivity index (χ1n) is 8.65. The molecule has 2 aromatic carbocycles. The van der Waals surface area contributed by atoms with Crippen LogP contribution in [0.3, 0.4) is 0 Å². The number of H-pyrrole nitrogens is 1. The van der Waals surface area contributed by atoms with Gasteiger partial charge in [-0.05, 0) is 22.8 Å². The van der Waals surface area contributed by atoms with Crippen LogP contribution in [-0.2, 0) is 24.3 Å². The third-order valence-electron chi connectivity index (χ3n) is 4.46. The first-order valence-corrected chi connectivity index (χ1v) is 8.65. The first kappa shape index (κ1) is 17.9. The molecule has 0 radical (unpaired) electrons. The van der Waals surface area contributed by atoms with Crippen molar-refractivity contribution in [3.05, 3.63) is 92.8 Å². The van der Waals surface area contributed by atoms with Gasteiger partial charge < -0.3 is 4.74 Å². The molecule has 1 heterocycles. The van der Waals surface area contributed by atoms with Crippen LogP contribution in [0.5, 0.6) is 0 Å². The summed E-state index contributed by atoms with van der Waals surface area (Å²) in [7, 11) is 0. The zero-order chi connectivity index (χ0) is 18.5. The van der Waals surface area contributed by atoms with E-state index in [0.717, 1.165) is 16.3 Å². The van der Waals surface area contributed by atoms with E-state index >= 15 is 0 Å². The van der Waals surface area contributed by atoms with Gasteiger partial charge in [0.25, 0.3) is 5.56 Å². The Morgan fingerprint density at radius 1 is 1.15 bits per heavy atom. The van der Waals surface area contributed by atoms with Gasteiger partial charge in [-0.15, -0.1) is 6.58 Å². The summed E-state index contributed by atoms with van der Waals surface area (Å²) >= 11 is 0. The molecule has 0 aliphatic rings. The molecule has 0 spiro atoms. The number of nitrogens with one attached hydrogen (secondary N) is 1. The number of rotatable bonds is 7. The van der Waals surface area contributed by atoms with Crippen molar-refractivity contribution in [1.29, 1.82) is 0 Å². The van der Waals surface area contributed by atoms with E-state index in [9.17, 15) is 9.59 Å². The molecule has 1 N–H and O–H groups in total. The quantitative estimate of drug-likeness (QED) is 0.526. The molecule has 0 bridgehead atoms. The van der Waals surface area contributed by atoms with Gasteiger partial charge in [-0.3, -0.25) is 14.3 Å². The molecule has 0 unspecified atom stereocenters. The molecule has 0 fully saturated rings. The summed E-state index contributed by atoms with van der Waals surface area (Å²) in [6.07, 6.45) is 2.65. The van der Waals surface area contributed by atoms with Crippen molar-refractivity contribution in [3.8, 4) is 0 Å². The fraction of sp³-hybridized carbons (Fsp3) is 0.238. The van der Waals surface area contributed by atoms with Gasteiger partial charge in [0, 0.05) is 17.7 Å². The lowest BCUT2D eigenvalue weighted by Crippen LogP contribution is -2.36. The lowest BCUT2D eigenvalue weighted by atomic mass is 9.98. The molecule has 3 rings (SSSR count). The number of aromatic amines is 1.